The van der Waals surface area contributed by atoms with Crippen LogP contribution in [0.4, 0.5) is 0 Å². The summed E-state index contributed by atoms with van der Waals surface area (Å²) in [7, 11) is 2.08. The summed E-state index contributed by atoms with van der Waals surface area (Å²) < 4.78 is 4.40. The number of hydrogen-bond donors (Lipinski definition) is 0. The quantitative estimate of drug-likeness (QED) is 0.146. The Morgan fingerprint density at radius 2 is 0.808 bits per heavy atom. The van der Waals surface area contributed by atoms with Gasteiger partial charge < -0.3 is 0 Å². The van der Waals surface area contributed by atoms with Crippen LogP contribution in [0, 0.1) is 0 Å². The second kappa shape index (κ2) is 17.3. The van der Waals surface area contributed by atoms with Gasteiger partial charge in [0, 0.05) is 22.9 Å². The van der Waals surface area contributed by atoms with Gasteiger partial charge in [-0.15, -0.1) is 0 Å². The minimum atomic E-state index is -0.747. The molecule has 0 radical (unpaired) electrons. The lowest BCUT2D eigenvalue weighted by Crippen LogP contribution is -2.38. The first-order valence-electron chi connectivity index (χ1n) is 28.2. The fraction of sp³-hybridized carbons (Fsp3) is 0.253. The van der Waals surface area contributed by atoms with Crippen LogP contribution in [0.2, 0.25) is 0 Å². The average Bonchev–Trinajstić information content (AvgIpc) is 3.54. The Hall–Kier alpha value is -7.97. The van der Waals surface area contributed by atoms with Gasteiger partial charge in [0.2, 0.25) is 12.4 Å². The van der Waals surface area contributed by atoms with Crippen LogP contribution in [-0.2, 0) is 32.6 Å². The standard InChI is InChI=1S/C75H71N3/c1-48(2)49-37-38-76-69(41-49)74(64-29-17-14-26-58(64)61-45-51(71(6,7)8)32-35-66(61)74)55-23-19-21-53(42-55)73(63-28-16-13-25-57(63)60-44-50(70(3,4)5)31-34-65(60)73)54-22-20-24-56(43-54)75(78-40-39-77(12)47-78)67-30-18-15-27-59(67)62-46-52(72(9,10)11)33-36-68(62)75/h13-46,48H,1-12H3/q+2. The number of hydrogen-bond acceptors (Lipinski definition) is 1. The summed E-state index contributed by atoms with van der Waals surface area (Å²) in [6.45, 7) is 25.5. The van der Waals surface area contributed by atoms with Gasteiger partial charge >= 0.3 is 6.01 Å². The molecule has 384 valence electrons. The Balaban J connectivity index is 1.14. The van der Waals surface area contributed by atoms with Gasteiger partial charge in [-0.2, -0.15) is 0 Å². The summed E-state index contributed by atoms with van der Waals surface area (Å²) in [4.78, 5) is 5.47. The Morgan fingerprint density at radius 3 is 1.32 bits per heavy atom. The van der Waals surface area contributed by atoms with Gasteiger partial charge in [-0.05, 0) is 135 Å². The van der Waals surface area contributed by atoms with E-state index in [0.29, 0.717) is 5.92 Å². The second-order valence-electron chi connectivity index (χ2n) is 26.0. The zero-order chi connectivity index (χ0) is 54.3. The molecule has 3 unspecified atom stereocenters. The minimum Gasteiger partial charge on any atom is -0.260 e. The zero-order valence-electron chi connectivity index (χ0n) is 47.5. The summed E-state index contributed by atoms with van der Waals surface area (Å²) in [6.07, 6.45) is 6.39. The lowest BCUT2D eigenvalue weighted by atomic mass is 9.64. The van der Waals surface area contributed by atoms with E-state index in [1.807, 2.05) is 6.20 Å². The number of pyridine rings is 1. The van der Waals surface area contributed by atoms with Crippen molar-refractivity contribution in [3.63, 3.8) is 0 Å². The highest BCUT2D eigenvalue weighted by Gasteiger charge is 2.58. The maximum atomic E-state index is 5.47. The molecule has 3 atom stereocenters. The smallest absolute Gasteiger partial charge is 0.260 e. The Morgan fingerprint density at radius 1 is 0.397 bits per heavy atom. The van der Waals surface area contributed by atoms with E-state index in [9.17, 15) is 0 Å². The van der Waals surface area contributed by atoms with Gasteiger partial charge in [0.25, 0.3) is 5.54 Å². The SMILES string of the molecule is CC(C)c1ccnc(C2(c3cccc(C4(c5cccc(C6([N+]7=C=[N+](C)C=C7)c7ccccc7-c7cc(C(C)(C)C)ccc76)c5)c5ccccc5-c5cc(C(C)(C)C)ccc54)c3)c3ccccc3-c3cc(C(C)(C)C)ccc32)c1. The summed E-state index contributed by atoms with van der Waals surface area (Å²) in [5.74, 6) is 0.323. The molecule has 0 bridgehead atoms. The molecule has 0 amide bonds. The van der Waals surface area contributed by atoms with E-state index >= 15 is 0 Å². The van der Waals surface area contributed by atoms with Crippen LogP contribution >= 0.6 is 0 Å². The van der Waals surface area contributed by atoms with Crippen molar-refractivity contribution in [3.05, 3.63) is 290 Å². The van der Waals surface area contributed by atoms with E-state index in [0.717, 1.165) is 5.69 Å². The van der Waals surface area contributed by atoms with Gasteiger partial charge in [0.05, 0.1) is 16.5 Å². The Labute approximate surface area is 463 Å². The average molecular weight is 1010 g/mol. The molecule has 1 aromatic heterocycles. The lowest BCUT2D eigenvalue weighted by Gasteiger charge is -2.38. The molecule has 9 aromatic rings. The van der Waals surface area contributed by atoms with Crippen LogP contribution < -0.4 is 0 Å². The normalized spacial score (nSPS) is 19.7. The molecule has 1 aliphatic heterocycles. The van der Waals surface area contributed by atoms with E-state index in [1.54, 1.807) is 0 Å². The summed E-state index contributed by atoms with van der Waals surface area (Å²) in [5, 5.41) is 0. The van der Waals surface area contributed by atoms with Crippen LogP contribution in [0.5, 0.6) is 0 Å². The van der Waals surface area contributed by atoms with Crippen LogP contribution in [0.25, 0.3) is 33.4 Å². The monoisotopic (exact) mass is 1010 g/mol. The van der Waals surface area contributed by atoms with Crippen molar-refractivity contribution in [2.45, 2.75) is 115 Å². The molecule has 3 heteroatoms. The molecule has 0 saturated heterocycles. The van der Waals surface area contributed by atoms with Gasteiger partial charge in [-0.1, -0.05) is 255 Å². The van der Waals surface area contributed by atoms with Crippen molar-refractivity contribution < 1.29 is 9.15 Å². The highest BCUT2D eigenvalue weighted by Crippen LogP contribution is 2.62. The molecule has 3 aliphatic carbocycles. The highest BCUT2D eigenvalue weighted by molar-refractivity contribution is 5.90. The van der Waals surface area contributed by atoms with Crippen LogP contribution in [0.15, 0.2) is 207 Å². The van der Waals surface area contributed by atoms with Crippen molar-refractivity contribution in [2.75, 3.05) is 7.05 Å². The maximum Gasteiger partial charge on any atom is 0.490 e. The van der Waals surface area contributed by atoms with E-state index < -0.39 is 16.4 Å². The summed E-state index contributed by atoms with van der Waals surface area (Å²) in [5.41, 5.74) is 24.0. The van der Waals surface area contributed by atoms with Gasteiger partial charge in [-0.3, -0.25) is 4.98 Å². The van der Waals surface area contributed by atoms with Crippen LogP contribution in [-0.4, -0.2) is 27.2 Å². The number of benzene rings is 8. The first-order chi connectivity index (χ1) is 37.3. The molecular weight excluding hydrogens is 943 g/mol. The number of aromatic nitrogens is 1. The van der Waals surface area contributed by atoms with E-state index in [-0.39, 0.29) is 16.2 Å². The molecule has 0 saturated carbocycles. The molecular formula is C75H71N3+2. The third kappa shape index (κ3) is 7.00. The largest absolute Gasteiger partial charge is 0.490 e. The van der Waals surface area contributed by atoms with Crippen LogP contribution in [0.1, 0.15) is 166 Å². The van der Waals surface area contributed by atoms with Gasteiger partial charge in [-0.25, -0.2) is 0 Å². The molecule has 78 heavy (non-hydrogen) atoms. The zero-order valence-corrected chi connectivity index (χ0v) is 47.5. The van der Waals surface area contributed by atoms with Crippen LogP contribution in [0.3, 0.4) is 0 Å². The third-order valence-corrected chi connectivity index (χ3v) is 18.0. The molecule has 13 rings (SSSR count). The molecule has 3 nitrogen and oxygen atoms in total. The first-order valence-corrected chi connectivity index (χ1v) is 28.2. The third-order valence-electron chi connectivity index (χ3n) is 18.0. The molecule has 0 fully saturated rings. The Kier molecular flexibility index (Phi) is 11.0. The van der Waals surface area contributed by atoms with E-state index in [1.165, 1.54) is 111 Å². The van der Waals surface area contributed by atoms with E-state index in [4.69, 9.17) is 4.98 Å². The Bertz CT molecular complexity index is 4080. The summed E-state index contributed by atoms with van der Waals surface area (Å²) in [6, 6.07) is 77.1. The van der Waals surface area contributed by atoms with Crippen molar-refractivity contribution in [2.24, 2.45) is 0 Å². The molecule has 0 spiro atoms. The number of nitrogens with zero attached hydrogens (tertiary/aromatic N) is 3. The predicted octanol–water partition coefficient (Wildman–Crippen LogP) is 17.4. The van der Waals surface area contributed by atoms with E-state index in [2.05, 4.69) is 299 Å². The fourth-order valence-electron chi connectivity index (χ4n) is 14.0. The fourth-order valence-corrected chi connectivity index (χ4v) is 14.0. The number of fused-ring (bicyclic) bond motifs is 9. The van der Waals surface area contributed by atoms with Crippen molar-refractivity contribution in [1.29, 1.82) is 0 Å². The lowest BCUT2D eigenvalue weighted by molar-refractivity contribution is -0.533. The molecule has 0 N–H and O–H groups in total. The molecule has 2 heterocycles. The summed E-state index contributed by atoms with van der Waals surface area (Å²) >= 11 is 0. The second-order valence-corrected chi connectivity index (χ2v) is 26.0. The van der Waals surface area contributed by atoms with Gasteiger partial charge in [0.1, 0.15) is 0 Å². The first kappa shape index (κ1) is 49.6. The van der Waals surface area contributed by atoms with Crippen molar-refractivity contribution in [1.82, 2.24) is 4.98 Å². The van der Waals surface area contributed by atoms with Crippen molar-refractivity contribution >= 4 is 6.01 Å². The molecule has 8 aromatic carbocycles. The predicted molar refractivity (Wildman–Crippen MR) is 321 cm³/mol. The maximum absolute atomic E-state index is 5.47. The van der Waals surface area contributed by atoms with Crippen molar-refractivity contribution in [3.8, 4) is 33.4 Å². The highest BCUT2D eigenvalue weighted by atomic mass is 15.2. The molecule has 4 aliphatic rings. The minimum absolute atomic E-state index is 0.0257. The van der Waals surface area contributed by atoms with Gasteiger partial charge in [0.15, 0.2) is 7.05 Å². The topological polar surface area (TPSA) is 18.9 Å². The number of rotatable bonds is 7.